The molecule has 1 aromatic heterocycles. The van der Waals surface area contributed by atoms with Crippen LogP contribution in [0.25, 0.3) is 16.6 Å². The highest BCUT2D eigenvalue weighted by Gasteiger charge is 2.40. The van der Waals surface area contributed by atoms with E-state index in [-0.39, 0.29) is 48.0 Å². The van der Waals surface area contributed by atoms with E-state index in [1.807, 2.05) is 48.5 Å². The molecule has 0 bridgehead atoms. The average Bonchev–Trinajstić information content (AvgIpc) is 3.60. The highest BCUT2D eigenvalue weighted by atomic mass is 16.6. The summed E-state index contributed by atoms with van der Waals surface area (Å²) in [7, 11) is 1.39. The number of phenolic OH excluding ortho intramolecular Hbond substituents is 1. The summed E-state index contributed by atoms with van der Waals surface area (Å²) in [6, 6.07) is 34.7. The van der Waals surface area contributed by atoms with Crippen LogP contribution in [-0.4, -0.2) is 68.9 Å². The van der Waals surface area contributed by atoms with E-state index in [0.29, 0.717) is 22.3 Å². The number of amides is 4. The highest BCUT2D eigenvalue weighted by Crippen LogP contribution is 2.37. The molecule has 1 aliphatic rings. The first-order valence-electron chi connectivity index (χ1n) is 18.9. The van der Waals surface area contributed by atoms with Crippen LogP contribution in [0.5, 0.6) is 11.5 Å². The van der Waals surface area contributed by atoms with Gasteiger partial charge in [0.15, 0.2) is 17.2 Å². The number of anilines is 2. The predicted molar refractivity (Wildman–Crippen MR) is 220 cm³/mol. The number of hydrogen-bond donors (Lipinski definition) is 4. The fourth-order valence-corrected chi connectivity index (χ4v) is 7.15. The van der Waals surface area contributed by atoms with Gasteiger partial charge in [-0.05, 0) is 74.7 Å². The molecule has 0 spiro atoms. The number of hydrogen-bond acceptors (Lipinski definition) is 8. The van der Waals surface area contributed by atoms with E-state index >= 15 is 4.79 Å². The maximum Gasteiger partial charge on any atom is 0.407 e. The Morgan fingerprint density at radius 3 is 2.12 bits per heavy atom. The van der Waals surface area contributed by atoms with Gasteiger partial charge in [-0.25, -0.2) is 9.48 Å². The zero-order valence-electron chi connectivity index (χ0n) is 32.6. The lowest BCUT2D eigenvalue weighted by molar-refractivity contribution is -0.121. The van der Waals surface area contributed by atoms with Crippen molar-refractivity contribution < 1.29 is 33.8 Å². The Labute approximate surface area is 335 Å². The van der Waals surface area contributed by atoms with Crippen molar-refractivity contribution in [3.8, 4) is 17.2 Å². The molecule has 0 saturated heterocycles. The standard InChI is InChI=1S/C45H44N6O7/c1-45(2,3)58-44(56)46-26-34(41(53)47-30-17-7-5-8-18-30)36-23-28-15-11-12-16-29(28)27-50(36)43(55)33-24-38(52)39(57-4)25-37(33)51-35-22-14-13-21-32(35)40(49-51)42(54)48-31-19-9-6-10-20-31/h5-22,24-25,34,36,52H,23,26-27H2,1-4H3,(H,46,56)(H,47,53)(H,48,54)/t34?,36-/m0/s1. The van der Waals surface area contributed by atoms with Gasteiger partial charge in [0.1, 0.15) is 5.60 Å². The number of alkyl carbamates (subject to hydrolysis) is 1. The summed E-state index contributed by atoms with van der Waals surface area (Å²) in [4.78, 5) is 58.0. The summed E-state index contributed by atoms with van der Waals surface area (Å²) in [6.07, 6.45) is -0.435. The van der Waals surface area contributed by atoms with Gasteiger partial charge >= 0.3 is 6.09 Å². The largest absolute Gasteiger partial charge is 0.504 e. The van der Waals surface area contributed by atoms with Crippen LogP contribution in [0, 0.1) is 5.92 Å². The van der Waals surface area contributed by atoms with Crippen molar-refractivity contribution in [3.05, 3.63) is 144 Å². The highest BCUT2D eigenvalue weighted by molar-refractivity contribution is 6.12. The minimum Gasteiger partial charge on any atom is -0.504 e. The number of phenols is 1. The molecular formula is C45H44N6O7. The zero-order chi connectivity index (χ0) is 41.0. The lowest BCUT2D eigenvalue weighted by Crippen LogP contribution is -2.54. The number of carbonyl (C=O) groups is 4. The number of benzene rings is 5. The molecule has 4 N–H and O–H groups in total. The van der Waals surface area contributed by atoms with Gasteiger partial charge in [-0.2, -0.15) is 5.10 Å². The van der Waals surface area contributed by atoms with Crippen molar-refractivity contribution in [1.82, 2.24) is 20.0 Å². The summed E-state index contributed by atoms with van der Waals surface area (Å²) in [6.45, 7) is 5.18. The van der Waals surface area contributed by atoms with E-state index in [2.05, 4.69) is 16.0 Å². The third-order valence-electron chi connectivity index (χ3n) is 9.85. The molecule has 13 heteroatoms. The van der Waals surface area contributed by atoms with Crippen LogP contribution in [-0.2, 0) is 22.5 Å². The fourth-order valence-electron chi connectivity index (χ4n) is 7.15. The Balaban J connectivity index is 1.33. The molecule has 0 fully saturated rings. The lowest BCUT2D eigenvalue weighted by Gasteiger charge is -2.41. The Hall–Kier alpha value is -7.15. The van der Waals surface area contributed by atoms with E-state index in [0.717, 1.165) is 11.1 Å². The second-order valence-electron chi connectivity index (χ2n) is 15.0. The van der Waals surface area contributed by atoms with Gasteiger partial charge in [-0.15, -0.1) is 0 Å². The molecule has 6 aromatic rings. The number of aromatic hydroxyl groups is 1. The van der Waals surface area contributed by atoms with Crippen LogP contribution in [0.2, 0.25) is 0 Å². The van der Waals surface area contributed by atoms with Gasteiger partial charge in [-0.3, -0.25) is 14.4 Å². The van der Waals surface area contributed by atoms with Gasteiger partial charge in [-0.1, -0.05) is 78.9 Å². The van der Waals surface area contributed by atoms with Crippen molar-refractivity contribution in [2.75, 3.05) is 24.3 Å². The summed E-state index contributed by atoms with van der Waals surface area (Å²) < 4.78 is 12.5. The van der Waals surface area contributed by atoms with Crippen LogP contribution >= 0.6 is 0 Å². The third kappa shape index (κ3) is 8.48. The van der Waals surface area contributed by atoms with E-state index in [9.17, 15) is 19.5 Å². The summed E-state index contributed by atoms with van der Waals surface area (Å²) in [5.41, 5.74) is 3.04. The Bertz CT molecular complexity index is 2480. The van der Waals surface area contributed by atoms with Gasteiger partial charge < -0.3 is 35.4 Å². The normalized spacial score (nSPS) is 14.2. The second kappa shape index (κ2) is 16.5. The molecule has 7 rings (SSSR count). The zero-order valence-corrected chi connectivity index (χ0v) is 32.6. The molecular weight excluding hydrogens is 737 g/mol. The predicted octanol–water partition coefficient (Wildman–Crippen LogP) is 7.34. The molecule has 2 heterocycles. The molecule has 1 aliphatic heterocycles. The fraction of sp³-hybridized carbons (Fsp3) is 0.222. The van der Waals surface area contributed by atoms with Crippen LogP contribution in [0.1, 0.15) is 52.7 Å². The van der Waals surface area contributed by atoms with Crippen molar-refractivity contribution in [1.29, 1.82) is 0 Å². The van der Waals surface area contributed by atoms with Crippen molar-refractivity contribution in [2.45, 2.75) is 45.4 Å². The first-order valence-corrected chi connectivity index (χ1v) is 18.9. The molecule has 58 heavy (non-hydrogen) atoms. The molecule has 0 saturated carbocycles. The maximum absolute atomic E-state index is 15.3. The van der Waals surface area contributed by atoms with Crippen molar-refractivity contribution >= 4 is 46.1 Å². The van der Waals surface area contributed by atoms with E-state index < -0.39 is 41.4 Å². The number of methoxy groups -OCH3 is 1. The van der Waals surface area contributed by atoms with Crippen LogP contribution in [0.15, 0.2) is 121 Å². The maximum atomic E-state index is 15.3. The number of nitrogens with zero attached hydrogens (tertiary/aromatic N) is 3. The number of carbonyl (C=O) groups excluding carboxylic acids is 4. The number of para-hydroxylation sites is 3. The van der Waals surface area contributed by atoms with Crippen LogP contribution in [0.4, 0.5) is 16.2 Å². The molecule has 0 aliphatic carbocycles. The topological polar surface area (TPSA) is 164 Å². The first-order chi connectivity index (χ1) is 27.9. The van der Waals surface area contributed by atoms with Gasteiger partial charge in [0.2, 0.25) is 5.91 Å². The molecule has 13 nitrogen and oxygen atoms in total. The monoisotopic (exact) mass is 780 g/mol. The van der Waals surface area contributed by atoms with Crippen LogP contribution < -0.4 is 20.7 Å². The van der Waals surface area contributed by atoms with Gasteiger partial charge in [0, 0.05) is 42.0 Å². The summed E-state index contributed by atoms with van der Waals surface area (Å²) >= 11 is 0. The van der Waals surface area contributed by atoms with E-state index in [1.54, 1.807) is 86.3 Å². The molecule has 2 atom stereocenters. The number of aromatic nitrogens is 2. The summed E-state index contributed by atoms with van der Waals surface area (Å²) in [5, 5.41) is 25.1. The third-order valence-corrected chi connectivity index (χ3v) is 9.85. The minimum atomic E-state index is -0.973. The molecule has 1 unspecified atom stereocenters. The minimum absolute atomic E-state index is 0.0354. The molecule has 296 valence electrons. The Morgan fingerprint density at radius 1 is 0.828 bits per heavy atom. The van der Waals surface area contributed by atoms with Crippen LogP contribution in [0.3, 0.4) is 0 Å². The average molecular weight is 781 g/mol. The number of rotatable bonds is 10. The second-order valence-corrected chi connectivity index (χ2v) is 15.0. The molecule has 4 amide bonds. The molecule has 5 aromatic carbocycles. The van der Waals surface area contributed by atoms with Gasteiger partial charge in [0.05, 0.1) is 29.8 Å². The summed E-state index contributed by atoms with van der Waals surface area (Å²) in [5.74, 6) is -2.61. The SMILES string of the molecule is COc1cc(-n2nc(C(=O)Nc3ccccc3)c3ccccc32)c(C(=O)N2Cc3ccccc3C[C@H]2C(CNC(=O)OC(C)(C)C)C(=O)Nc2ccccc2)cc1O. The lowest BCUT2D eigenvalue weighted by atomic mass is 9.85. The molecule has 0 radical (unpaired) electrons. The van der Waals surface area contributed by atoms with Gasteiger partial charge in [0.25, 0.3) is 11.8 Å². The number of ether oxygens (including phenoxy) is 2. The smallest absolute Gasteiger partial charge is 0.407 e. The number of nitrogens with one attached hydrogen (secondary N) is 3. The Morgan fingerprint density at radius 2 is 1.45 bits per heavy atom. The van der Waals surface area contributed by atoms with Crippen molar-refractivity contribution in [3.63, 3.8) is 0 Å². The first kappa shape index (κ1) is 39.1. The van der Waals surface area contributed by atoms with E-state index in [4.69, 9.17) is 14.6 Å². The van der Waals surface area contributed by atoms with E-state index in [1.165, 1.54) is 23.9 Å². The number of fused-ring (bicyclic) bond motifs is 2. The van der Waals surface area contributed by atoms with Crippen molar-refractivity contribution in [2.24, 2.45) is 5.92 Å². The Kier molecular flexibility index (Phi) is 11.1. The quantitative estimate of drug-likeness (QED) is 0.112.